The number of aliphatic imine (C=N–C) groups is 1. The van der Waals surface area contributed by atoms with E-state index in [1.165, 1.54) is 11.1 Å². The van der Waals surface area contributed by atoms with Gasteiger partial charge in [0.2, 0.25) is 0 Å². The molecule has 4 aromatic rings. The first-order valence-corrected chi connectivity index (χ1v) is 11.8. The summed E-state index contributed by atoms with van der Waals surface area (Å²) < 4.78 is 6.78. The van der Waals surface area contributed by atoms with Crippen molar-refractivity contribution in [3.63, 3.8) is 0 Å². The fraction of sp³-hybridized carbons (Fsp3) is 0.200. The van der Waals surface area contributed by atoms with Crippen LogP contribution in [0.4, 0.5) is 11.5 Å². The molecule has 0 saturated carbocycles. The molecule has 2 unspecified atom stereocenters. The number of rotatable bonds is 6. The molecule has 2 N–H and O–H groups in total. The van der Waals surface area contributed by atoms with Crippen molar-refractivity contribution in [2.24, 2.45) is 4.99 Å². The molecule has 0 aliphatic carbocycles. The van der Waals surface area contributed by atoms with Gasteiger partial charge >= 0.3 is 0 Å². The van der Waals surface area contributed by atoms with Crippen molar-refractivity contribution in [1.82, 2.24) is 4.98 Å². The number of benzene rings is 3. The zero-order valence-electron chi connectivity index (χ0n) is 20.2. The number of aromatic nitrogens is 1. The zero-order valence-corrected chi connectivity index (χ0v) is 20.2. The minimum absolute atomic E-state index is 0.0523. The maximum Gasteiger partial charge on any atom is 0.148 e. The SMILES string of the molecule is Cc1cc(C)c(OC2c3cc(Nc4ccc(C#N)cc4)[nH]c3C=NC2Cc2ccccc2)c(C)c1. The smallest absolute Gasteiger partial charge is 0.148 e. The molecule has 5 nitrogen and oxygen atoms in total. The molecular formula is C30H28N4O. The van der Waals surface area contributed by atoms with Crippen molar-refractivity contribution in [2.45, 2.75) is 39.3 Å². The Morgan fingerprint density at radius 2 is 1.69 bits per heavy atom. The molecule has 5 heteroatoms. The lowest BCUT2D eigenvalue weighted by atomic mass is 9.94. The van der Waals surface area contributed by atoms with Crippen molar-refractivity contribution < 1.29 is 4.74 Å². The summed E-state index contributed by atoms with van der Waals surface area (Å²) in [7, 11) is 0. The second kappa shape index (κ2) is 9.52. The first kappa shape index (κ1) is 22.5. The predicted molar refractivity (Wildman–Crippen MR) is 141 cm³/mol. The topological polar surface area (TPSA) is 73.2 Å². The largest absolute Gasteiger partial charge is 0.483 e. The lowest BCUT2D eigenvalue weighted by molar-refractivity contribution is 0.169. The molecule has 0 spiro atoms. The molecule has 5 rings (SSSR count). The molecule has 0 saturated heterocycles. The number of ether oxygens (including phenoxy) is 1. The maximum atomic E-state index is 9.06. The van der Waals surface area contributed by atoms with E-state index >= 15 is 0 Å². The van der Waals surface area contributed by atoms with Gasteiger partial charge < -0.3 is 15.0 Å². The van der Waals surface area contributed by atoms with Crippen LogP contribution in [0.5, 0.6) is 5.75 Å². The summed E-state index contributed by atoms with van der Waals surface area (Å²) in [6.07, 6.45) is 2.47. The number of nitrogens with zero attached hydrogens (tertiary/aromatic N) is 2. The third-order valence-corrected chi connectivity index (χ3v) is 6.36. The van der Waals surface area contributed by atoms with Crippen LogP contribution >= 0.6 is 0 Å². The molecule has 0 fully saturated rings. The van der Waals surface area contributed by atoms with Gasteiger partial charge in [0.25, 0.3) is 0 Å². The van der Waals surface area contributed by atoms with E-state index in [-0.39, 0.29) is 12.1 Å². The molecular weight excluding hydrogens is 432 g/mol. The Balaban J connectivity index is 1.49. The van der Waals surface area contributed by atoms with Crippen molar-refractivity contribution in [1.29, 1.82) is 5.26 Å². The fourth-order valence-electron chi connectivity index (χ4n) is 4.77. The number of aromatic amines is 1. The molecule has 0 radical (unpaired) electrons. The molecule has 2 heterocycles. The highest BCUT2D eigenvalue weighted by Gasteiger charge is 2.32. The van der Waals surface area contributed by atoms with Gasteiger partial charge in [-0.2, -0.15) is 5.26 Å². The summed E-state index contributed by atoms with van der Waals surface area (Å²) in [5.74, 6) is 1.78. The lowest BCUT2D eigenvalue weighted by Crippen LogP contribution is -2.28. The van der Waals surface area contributed by atoms with Crippen molar-refractivity contribution in [3.05, 3.63) is 112 Å². The number of anilines is 2. The van der Waals surface area contributed by atoms with Gasteiger partial charge in [-0.25, -0.2) is 0 Å². The summed E-state index contributed by atoms with van der Waals surface area (Å²) >= 11 is 0. The number of fused-ring (bicyclic) bond motifs is 1. The molecule has 0 amide bonds. The van der Waals surface area contributed by atoms with Crippen LogP contribution in [0, 0.1) is 32.1 Å². The van der Waals surface area contributed by atoms with E-state index in [1.807, 2.05) is 24.4 Å². The Labute approximate surface area is 206 Å². The number of nitrogens with one attached hydrogen (secondary N) is 2. The predicted octanol–water partition coefficient (Wildman–Crippen LogP) is 6.72. The van der Waals surface area contributed by atoms with E-state index in [0.717, 1.165) is 46.1 Å². The Morgan fingerprint density at radius 3 is 2.37 bits per heavy atom. The van der Waals surface area contributed by atoms with Crippen molar-refractivity contribution in [2.75, 3.05) is 5.32 Å². The van der Waals surface area contributed by atoms with Crippen LogP contribution in [0.3, 0.4) is 0 Å². The number of hydrogen-bond acceptors (Lipinski definition) is 4. The summed E-state index contributed by atoms with van der Waals surface area (Å²) in [6.45, 7) is 6.31. The summed E-state index contributed by atoms with van der Waals surface area (Å²) in [4.78, 5) is 8.36. The molecule has 35 heavy (non-hydrogen) atoms. The van der Waals surface area contributed by atoms with E-state index in [4.69, 9.17) is 15.0 Å². The fourth-order valence-corrected chi connectivity index (χ4v) is 4.77. The third-order valence-electron chi connectivity index (χ3n) is 6.36. The second-order valence-corrected chi connectivity index (χ2v) is 9.17. The van der Waals surface area contributed by atoms with Gasteiger partial charge in [0, 0.05) is 17.5 Å². The van der Waals surface area contributed by atoms with Crippen LogP contribution in [-0.4, -0.2) is 17.2 Å². The van der Waals surface area contributed by atoms with Gasteiger partial charge in [0.15, 0.2) is 0 Å². The minimum Gasteiger partial charge on any atom is -0.483 e. The quantitative estimate of drug-likeness (QED) is 0.335. The first-order chi connectivity index (χ1) is 17.0. The number of H-pyrrole nitrogens is 1. The average molecular weight is 461 g/mol. The van der Waals surface area contributed by atoms with Gasteiger partial charge in [0.05, 0.1) is 23.4 Å². The van der Waals surface area contributed by atoms with Crippen LogP contribution in [-0.2, 0) is 6.42 Å². The highest BCUT2D eigenvalue weighted by Crippen LogP contribution is 2.37. The summed E-state index contributed by atoms with van der Waals surface area (Å²) in [5, 5.41) is 12.5. The monoisotopic (exact) mass is 460 g/mol. The van der Waals surface area contributed by atoms with Crippen molar-refractivity contribution >= 4 is 17.7 Å². The van der Waals surface area contributed by atoms with Crippen LogP contribution in [0.2, 0.25) is 0 Å². The number of aryl methyl sites for hydroxylation is 3. The molecule has 1 aromatic heterocycles. The number of nitriles is 1. The van der Waals surface area contributed by atoms with E-state index in [1.54, 1.807) is 12.1 Å². The van der Waals surface area contributed by atoms with Crippen molar-refractivity contribution in [3.8, 4) is 11.8 Å². The minimum atomic E-state index is -0.233. The van der Waals surface area contributed by atoms with Crippen LogP contribution in [0.25, 0.3) is 0 Å². The van der Waals surface area contributed by atoms with Gasteiger partial charge in [-0.1, -0.05) is 48.0 Å². The standard InChI is InChI=1S/C30H28N4O/c1-19-13-20(2)29(21(3)14-19)35-30-25-16-28(33-24-11-9-23(17-31)10-12-24)34-27(25)18-32-26(30)15-22-7-5-4-6-8-22/h4-14,16,18,26,30,33-34H,15H2,1-3H3. The van der Waals surface area contributed by atoms with Gasteiger partial charge in [-0.05, 0) is 74.2 Å². The molecule has 1 aliphatic rings. The van der Waals surface area contributed by atoms with Gasteiger partial charge in [-0.15, -0.1) is 0 Å². The summed E-state index contributed by atoms with van der Waals surface area (Å²) in [5.41, 5.74) is 8.28. The normalized spacial score (nSPS) is 16.4. The second-order valence-electron chi connectivity index (χ2n) is 9.17. The number of hydrogen-bond donors (Lipinski definition) is 2. The van der Waals surface area contributed by atoms with Crippen LogP contribution < -0.4 is 10.1 Å². The molecule has 3 aromatic carbocycles. The highest BCUT2D eigenvalue weighted by atomic mass is 16.5. The zero-order chi connectivity index (χ0) is 24.4. The average Bonchev–Trinajstić information content (AvgIpc) is 3.26. The van der Waals surface area contributed by atoms with Crippen LogP contribution in [0.1, 0.15) is 45.2 Å². The Bertz CT molecular complexity index is 1390. The van der Waals surface area contributed by atoms with E-state index in [0.29, 0.717) is 5.56 Å². The Kier molecular flexibility index (Phi) is 6.12. The Morgan fingerprint density at radius 1 is 0.971 bits per heavy atom. The molecule has 0 bridgehead atoms. The maximum absolute atomic E-state index is 9.06. The lowest BCUT2D eigenvalue weighted by Gasteiger charge is -2.29. The Hall–Kier alpha value is -4.30. The van der Waals surface area contributed by atoms with Gasteiger partial charge in [-0.3, -0.25) is 4.99 Å². The van der Waals surface area contributed by atoms with E-state index < -0.39 is 0 Å². The van der Waals surface area contributed by atoms with E-state index in [9.17, 15) is 0 Å². The summed E-state index contributed by atoms with van der Waals surface area (Å²) in [6, 6.07) is 26.4. The first-order valence-electron chi connectivity index (χ1n) is 11.8. The molecule has 174 valence electrons. The highest BCUT2D eigenvalue weighted by molar-refractivity contribution is 5.83. The molecule has 2 atom stereocenters. The van der Waals surface area contributed by atoms with Crippen LogP contribution in [0.15, 0.2) is 77.8 Å². The molecule has 1 aliphatic heterocycles. The van der Waals surface area contributed by atoms with E-state index in [2.05, 4.69) is 79.6 Å². The van der Waals surface area contributed by atoms with Gasteiger partial charge in [0.1, 0.15) is 17.7 Å². The third kappa shape index (κ3) is 4.83.